The largest absolute Gasteiger partial charge is 0.379 e. The Kier molecular flexibility index (Phi) is 3.07. The molecule has 0 saturated carbocycles. The fourth-order valence-corrected chi connectivity index (χ4v) is 1.40. The van der Waals surface area contributed by atoms with Gasteiger partial charge < -0.3 is 4.74 Å². The molecular weight excluding hydrogens is 217 g/mol. The van der Waals surface area contributed by atoms with Crippen LogP contribution in [0.4, 0.5) is 0 Å². The monoisotopic (exact) mass is 227 g/mol. The molecule has 0 atom stereocenters. The summed E-state index contributed by atoms with van der Waals surface area (Å²) >= 11 is 2.38. The Morgan fingerprint density at radius 3 is 2.38 bits per heavy atom. The van der Waals surface area contributed by atoms with E-state index in [2.05, 4.69) is 27.5 Å². The zero-order valence-electron chi connectivity index (χ0n) is 4.77. The van der Waals surface area contributed by atoms with Crippen molar-refractivity contribution in [1.82, 2.24) is 4.90 Å². The summed E-state index contributed by atoms with van der Waals surface area (Å²) in [7, 11) is 0. The molecule has 2 nitrogen and oxygen atoms in total. The lowest BCUT2D eigenvalue weighted by molar-refractivity contribution is 0.0489. The lowest BCUT2D eigenvalue weighted by Crippen LogP contribution is -2.34. The van der Waals surface area contributed by atoms with Crippen LogP contribution in [0.3, 0.4) is 0 Å². The first-order valence-corrected chi connectivity index (χ1v) is 4.32. The maximum atomic E-state index is 5.16. The van der Waals surface area contributed by atoms with Crippen molar-refractivity contribution in [2.24, 2.45) is 0 Å². The molecule has 1 aliphatic rings. The second-order valence-electron chi connectivity index (χ2n) is 1.85. The maximum absolute atomic E-state index is 5.16. The van der Waals surface area contributed by atoms with Crippen molar-refractivity contribution < 1.29 is 4.74 Å². The van der Waals surface area contributed by atoms with E-state index >= 15 is 0 Å². The third-order valence-electron chi connectivity index (χ3n) is 1.27. The highest BCUT2D eigenvalue weighted by molar-refractivity contribution is 14.1. The topological polar surface area (TPSA) is 12.5 Å². The number of morpholine rings is 1. The van der Waals surface area contributed by atoms with Crippen molar-refractivity contribution in [2.45, 2.75) is 0 Å². The minimum atomic E-state index is 0.920. The van der Waals surface area contributed by atoms with Crippen molar-refractivity contribution >= 4 is 22.6 Å². The summed E-state index contributed by atoms with van der Waals surface area (Å²) in [6.07, 6.45) is 0. The Hall–Kier alpha value is 0.650. The van der Waals surface area contributed by atoms with E-state index in [4.69, 9.17) is 4.74 Å². The fourth-order valence-electron chi connectivity index (χ4n) is 0.721. The summed E-state index contributed by atoms with van der Waals surface area (Å²) in [6.45, 7) is 4.07. The molecule has 0 N–H and O–H groups in total. The van der Waals surface area contributed by atoms with Crippen LogP contribution in [0.25, 0.3) is 0 Å². The third-order valence-corrected chi connectivity index (χ3v) is 2.24. The highest BCUT2D eigenvalue weighted by atomic mass is 127. The first-order chi connectivity index (χ1) is 3.93. The highest BCUT2D eigenvalue weighted by Gasteiger charge is 2.06. The van der Waals surface area contributed by atoms with Gasteiger partial charge in [-0.15, -0.1) is 0 Å². The standard InChI is InChI=1S/C5H10INO/c6-5-7-1-3-8-4-2-7/h1-5H2. The number of alkyl halides is 1. The van der Waals surface area contributed by atoms with Gasteiger partial charge in [-0.2, -0.15) is 0 Å². The number of ether oxygens (including phenoxy) is 1. The van der Waals surface area contributed by atoms with Gasteiger partial charge in [0.05, 0.1) is 17.8 Å². The van der Waals surface area contributed by atoms with Crippen molar-refractivity contribution in [3.63, 3.8) is 0 Å². The van der Waals surface area contributed by atoms with E-state index in [-0.39, 0.29) is 0 Å². The lowest BCUT2D eigenvalue weighted by atomic mass is 10.5. The summed E-state index contributed by atoms with van der Waals surface area (Å²) in [5.74, 6) is 0. The van der Waals surface area contributed by atoms with Crippen LogP contribution < -0.4 is 0 Å². The number of hydrogen-bond acceptors (Lipinski definition) is 2. The van der Waals surface area contributed by atoms with Crippen molar-refractivity contribution in [1.29, 1.82) is 0 Å². The minimum Gasteiger partial charge on any atom is -0.379 e. The van der Waals surface area contributed by atoms with E-state index < -0.39 is 0 Å². The van der Waals surface area contributed by atoms with Crippen LogP contribution in [0.1, 0.15) is 0 Å². The molecule has 1 rings (SSSR count). The molecule has 0 radical (unpaired) electrons. The molecule has 0 spiro atoms. The predicted molar refractivity (Wildman–Crippen MR) is 41.3 cm³/mol. The van der Waals surface area contributed by atoms with Gasteiger partial charge in [0.25, 0.3) is 0 Å². The molecule has 0 bridgehead atoms. The Morgan fingerprint density at radius 2 is 2.00 bits per heavy atom. The molecule has 3 heteroatoms. The molecule has 0 unspecified atom stereocenters. The average Bonchev–Trinajstić information content (AvgIpc) is 1.90. The van der Waals surface area contributed by atoms with Gasteiger partial charge in [-0.25, -0.2) is 0 Å². The molecule has 0 aromatic heterocycles. The maximum Gasteiger partial charge on any atom is 0.0594 e. The van der Waals surface area contributed by atoms with Crippen LogP contribution in [0.5, 0.6) is 0 Å². The molecule has 0 aromatic rings. The number of nitrogens with zero attached hydrogens (tertiary/aromatic N) is 1. The van der Waals surface area contributed by atoms with Crippen LogP contribution in [-0.2, 0) is 4.74 Å². The van der Waals surface area contributed by atoms with E-state index in [1.807, 2.05) is 0 Å². The molecule has 48 valence electrons. The Balaban J connectivity index is 2.13. The lowest BCUT2D eigenvalue weighted by Gasteiger charge is -2.23. The average molecular weight is 227 g/mol. The Bertz CT molecular complexity index is 63.4. The number of rotatable bonds is 1. The molecule has 0 aromatic carbocycles. The van der Waals surface area contributed by atoms with Gasteiger partial charge in [-0.1, -0.05) is 22.6 Å². The quantitative estimate of drug-likeness (QED) is 0.371. The van der Waals surface area contributed by atoms with Crippen LogP contribution in [0.2, 0.25) is 0 Å². The van der Waals surface area contributed by atoms with E-state index in [0.717, 1.165) is 30.9 Å². The molecular formula is C5H10INO. The Labute approximate surface area is 63.3 Å². The molecule has 1 aliphatic heterocycles. The van der Waals surface area contributed by atoms with E-state index in [0.29, 0.717) is 0 Å². The molecule has 1 heterocycles. The molecule has 1 saturated heterocycles. The molecule has 0 aliphatic carbocycles. The van der Waals surface area contributed by atoms with Gasteiger partial charge in [0.1, 0.15) is 0 Å². The normalized spacial score (nSPS) is 23.6. The first-order valence-electron chi connectivity index (χ1n) is 2.79. The highest BCUT2D eigenvalue weighted by Crippen LogP contribution is 1.98. The Morgan fingerprint density at radius 1 is 1.38 bits per heavy atom. The number of hydrogen-bond donors (Lipinski definition) is 0. The van der Waals surface area contributed by atoms with Gasteiger partial charge in [0.15, 0.2) is 0 Å². The third kappa shape index (κ3) is 1.87. The summed E-state index contributed by atoms with van der Waals surface area (Å²) in [6, 6.07) is 0. The van der Waals surface area contributed by atoms with E-state index in [1.54, 1.807) is 0 Å². The molecule has 1 fully saturated rings. The van der Waals surface area contributed by atoms with Gasteiger partial charge in [0, 0.05) is 13.1 Å². The molecule has 0 amide bonds. The predicted octanol–water partition coefficient (Wildman–Crippen LogP) is 0.711. The zero-order valence-corrected chi connectivity index (χ0v) is 6.93. The van der Waals surface area contributed by atoms with Crippen molar-refractivity contribution in [2.75, 3.05) is 30.9 Å². The number of halogens is 1. The van der Waals surface area contributed by atoms with Gasteiger partial charge in [0.2, 0.25) is 0 Å². The summed E-state index contributed by atoms with van der Waals surface area (Å²) in [5.41, 5.74) is 0. The summed E-state index contributed by atoms with van der Waals surface area (Å²) in [5, 5.41) is 0. The van der Waals surface area contributed by atoms with Gasteiger partial charge in [-0.05, 0) is 0 Å². The SMILES string of the molecule is ICN1CCOCC1. The second kappa shape index (κ2) is 3.63. The minimum absolute atomic E-state index is 0.920. The smallest absolute Gasteiger partial charge is 0.0594 e. The van der Waals surface area contributed by atoms with Crippen LogP contribution in [-0.4, -0.2) is 35.8 Å². The van der Waals surface area contributed by atoms with Crippen molar-refractivity contribution in [3.8, 4) is 0 Å². The molecule has 8 heavy (non-hydrogen) atoms. The van der Waals surface area contributed by atoms with E-state index in [1.165, 1.54) is 0 Å². The van der Waals surface area contributed by atoms with Crippen molar-refractivity contribution in [3.05, 3.63) is 0 Å². The first kappa shape index (κ1) is 6.77. The van der Waals surface area contributed by atoms with Crippen LogP contribution >= 0.6 is 22.6 Å². The second-order valence-corrected chi connectivity index (χ2v) is 2.53. The summed E-state index contributed by atoms with van der Waals surface area (Å²) < 4.78 is 6.30. The van der Waals surface area contributed by atoms with Crippen LogP contribution in [0.15, 0.2) is 0 Å². The van der Waals surface area contributed by atoms with Crippen LogP contribution in [0, 0.1) is 0 Å². The van der Waals surface area contributed by atoms with E-state index in [9.17, 15) is 0 Å². The van der Waals surface area contributed by atoms with Gasteiger partial charge >= 0.3 is 0 Å². The summed E-state index contributed by atoms with van der Waals surface area (Å²) in [4.78, 5) is 2.38. The van der Waals surface area contributed by atoms with Gasteiger partial charge in [-0.3, -0.25) is 4.90 Å². The fraction of sp³-hybridized carbons (Fsp3) is 1.00. The zero-order chi connectivity index (χ0) is 5.82.